The zero-order valence-electron chi connectivity index (χ0n) is 9.27. The first-order valence-electron chi connectivity index (χ1n) is 5.02. The zero-order chi connectivity index (χ0) is 12.1. The first-order chi connectivity index (χ1) is 7.60. The maximum Gasteiger partial charge on any atom is 0.330 e. The first-order valence-corrected chi connectivity index (χ1v) is 5.02. The third-order valence-corrected chi connectivity index (χ3v) is 2.24. The number of likely N-dealkylation sites (N-methyl/N-ethyl adjacent to an activating group) is 1. The molecule has 0 saturated carbocycles. The molecule has 0 unspecified atom stereocenters. The summed E-state index contributed by atoms with van der Waals surface area (Å²) in [7, 11) is 0. The van der Waals surface area contributed by atoms with E-state index in [4.69, 9.17) is 0 Å². The van der Waals surface area contributed by atoms with Crippen LogP contribution in [0, 0.1) is 0 Å². The monoisotopic (exact) mass is 226 g/mol. The average Bonchev–Trinajstić information content (AvgIpc) is 2.26. The fourth-order valence-electron chi connectivity index (χ4n) is 1.32. The van der Waals surface area contributed by atoms with E-state index in [0.29, 0.717) is 13.1 Å². The van der Waals surface area contributed by atoms with Crippen LogP contribution < -0.4 is 11.1 Å². The third-order valence-electron chi connectivity index (χ3n) is 2.24. The number of hydrogen-bond donors (Lipinski definition) is 1. The molecule has 0 aliphatic carbocycles. The van der Waals surface area contributed by atoms with Gasteiger partial charge in [0.05, 0.1) is 0 Å². The van der Waals surface area contributed by atoms with Crippen molar-refractivity contribution in [3.05, 3.63) is 27.0 Å². The fourth-order valence-corrected chi connectivity index (χ4v) is 1.32. The van der Waals surface area contributed by atoms with Crippen LogP contribution in [0.15, 0.2) is 15.9 Å². The summed E-state index contributed by atoms with van der Waals surface area (Å²) in [4.78, 5) is 35.5. The van der Waals surface area contributed by atoms with Crippen molar-refractivity contribution in [2.24, 2.45) is 0 Å². The molecule has 0 bridgehead atoms. The van der Waals surface area contributed by atoms with Crippen LogP contribution in [0.25, 0.3) is 0 Å². The summed E-state index contributed by atoms with van der Waals surface area (Å²) in [5, 5.41) is 5.47. The van der Waals surface area contributed by atoms with Crippen LogP contribution in [0.2, 0.25) is 0 Å². The molecule has 1 rings (SSSR count). The smallest absolute Gasteiger partial charge is 0.330 e. The Labute approximate surface area is 91.7 Å². The van der Waals surface area contributed by atoms with Crippen molar-refractivity contribution in [3.8, 4) is 0 Å². The van der Waals surface area contributed by atoms with E-state index in [1.807, 2.05) is 18.9 Å². The number of H-pyrrole nitrogens is 1. The maximum atomic E-state index is 11.7. The molecule has 1 heterocycles. The van der Waals surface area contributed by atoms with Crippen LogP contribution >= 0.6 is 0 Å². The summed E-state index contributed by atoms with van der Waals surface area (Å²) in [5.74, 6) is -0.209. The van der Waals surface area contributed by atoms with Gasteiger partial charge in [0, 0.05) is 13.1 Å². The molecule has 0 fully saturated rings. The Kier molecular flexibility index (Phi) is 3.98. The highest BCUT2D eigenvalue weighted by Crippen LogP contribution is 1.90. The van der Waals surface area contributed by atoms with E-state index in [9.17, 15) is 14.4 Å². The third kappa shape index (κ3) is 2.56. The SMILES string of the molecule is CCN(CC)C(=O)Cn1cn[nH]c(=O)c1=O. The van der Waals surface area contributed by atoms with Crippen LogP contribution in [0.1, 0.15) is 13.8 Å². The van der Waals surface area contributed by atoms with Crippen LogP contribution in [-0.2, 0) is 11.3 Å². The summed E-state index contributed by atoms with van der Waals surface area (Å²) in [6, 6.07) is 0. The second-order valence-electron chi connectivity index (χ2n) is 3.18. The highest BCUT2D eigenvalue weighted by Gasteiger charge is 2.11. The predicted molar refractivity (Wildman–Crippen MR) is 57.0 cm³/mol. The predicted octanol–water partition coefficient (Wildman–Crippen LogP) is -1.20. The molecule has 1 aromatic heterocycles. The normalized spacial score (nSPS) is 10.1. The van der Waals surface area contributed by atoms with E-state index in [0.717, 1.165) is 10.9 Å². The van der Waals surface area contributed by atoms with Crippen LogP contribution in [0.5, 0.6) is 0 Å². The Morgan fingerprint density at radius 1 is 1.44 bits per heavy atom. The first kappa shape index (κ1) is 12.2. The number of hydrogen-bond acceptors (Lipinski definition) is 4. The summed E-state index contributed by atoms with van der Waals surface area (Å²) in [5.41, 5.74) is -1.59. The van der Waals surface area contributed by atoms with E-state index in [1.165, 1.54) is 0 Å². The number of amides is 1. The lowest BCUT2D eigenvalue weighted by Gasteiger charge is -2.18. The van der Waals surface area contributed by atoms with Gasteiger partial charge in [-0.05, 0) is 13.8 Å². The van der Waals surface area contributed by atoms with Crippen LogP contribution in [-0.4, -0.2) is 38.7 Å². The Hall–Kier alpha value is -1.92. The summed E-state index contributed by atoms with van der Waals surface area (Å²) in [6.45, 7) is 4.68. The standard InChI is InChI=1S/C9H14N4O3/c1-3-12(4-2)7(14)5-13-6-10-11-8(15)9(13)16/h6H,3-5H2,1-2H3,(H,11,15). The van der Waals surface area contributed by atoms with Gasteiger partial charge in [-0.2, -0.15) is 5.10 Å². The Morgan fingerprint density at radius 2 is 2.06 bits per heavy atom. The van der Waals surface area contributed by atoms with E-state index in [1.54, 1.807) is 4.90 Å². The molecule has 7 nitrogen and oxygen atoms in total. The molecule has 0 aliphatic heterocycles. The van der Waals surface area contributed by atoms with Crippen molar-refractivity contribution in [1.29, 1.82) is 0 Å². The molecular formula is C9H14N4O3. The zero-order valence-corrected chi connectivity index (χ0v) is 9.27. The molecule has 0 saturated heterocycles. The van der Waals surface area contributed by atoms with Crippen molar-refractivity contribution in [3.63, 3.8) is 0 Å². The molecule has 0 spiro atoms. The molecule has 1 amide bonds. The van der Waals surface area contributed by atoms with Gasteiger partial charge in [0.15, 0.2) is 0 Å². The van der Waals surface area contributed by atoms with Gasteiger partial charge in [-0.3, -0.25) is 19.0 Å². The van der Waals surface area contributed by atoms with Gasteiger partial charge < -0.3 is 4.90 Å². The second kappa shape index (κ2) is 5.24. The number of carbonyl (C=O) groups is 1. The summed E-state index contributed by atoms with van der Waals surface area (Å²) in [6.07, 6.45) is 1.14. The number of carbonyl (C=O) groups excluding carboxylic acids is 1. The highest BCUT2D eigenvalue weighted by atomic mass is 16.2. The average molecular weight is 226 g/mol. The lowest BCUT2D eigenvalue weighted by molar-refractivity contribution is -0.131. The van der Waals surface area contributed by atoms with Crippen molar-refractivity contribution in [2.75, 3.05) is 13.1 Å². The quantitative estimate of drug-likeness (QED) is 0.653. The van der Waals surface area contributed by atoms with Crippen LogP contribution in [0.4, 0.5) is 0 Å². The molecule has 1 N–H and O–H groups in total. The van der Waals surface area contributed by atoms with Crippen molar-refractivity contribution < 1.29 is 4.79 Å². The van der Waals surface area contributed by atoms with E-state index in [2.05, 4.69) is 5.10 Å². The minimum atomic E-state index is -0.824. The fraction of sp³-hybridized carbons (Fsp3) is 0.556. The van der Waals surface area contributed by atoms with Gasteiger partial charge in [0.2, 0.25) is 5.91 Å². The van der Waals surface area contributed by atoms with Gasteiger partial charge in [-0.25, -0.2) is 5.10 Å². The van der Waals surface area contributed by atoms with Crippen molar-refractivity contribution in [1.82, 2.24) is 19.7 Å². The molecule has 1 aromatic rings. The summed E-state index contributed by atoms with van der Waals surface area (Å²) < 4.78 is 0.999. The van der Waals surface area contributed by atoms with E-state index in [-0.39, 0.29) is 12.5 Å². The molecule has 0 radical (unpaired) electrons. The molecule has 88 valence electrons. The lowest BCUT2D eigenvalue weighted by Crippen LogP contribution is -2.41. The second-order valence-corrected chi connectivity index (χ2v) is 3.18. The molecule has 0 atom stereocenters. The Balaban J connectivity index is 2.89. The number of aromatic nitrogens is 3. The van der Waals surface area contributed by atoms with E-state index < -0.39 is 11.1 Å². The number of nitrogens with one attached hydrogen (secondary N) is 1. The number of rotatable bonds is 4. The molecule has 16 heavy (non-hydrogen) atoms. The van der Waals surface area contributed by atoms with Gasteiger partial charge in [-0.15, -0.1) is 0 Å². The van der Waals surface area contributed by atoms with Crippen LogP contribution in [0.3, 0.4) is 0 Å². The number of aromatic amines is 1. The van der Waals surface area contributed by atoms with Gasteiger partial charge in [0.25, 0.3) is 0 Å². The lowest BCUT2D eigenvalue weighted by atomic mass is 10.4. The molecule has 7 heteroatoms. The topological polar surface area (TPSA) is 88.1 Å². The van der Waals surface area contributed by atoms with Crippen molar-refractivity contribution in [2.45, 2.75) is 20.4 Å². The van der Waals surface area contributed by atoms with Gasteiger partial charge in [-0.1, -0.05) is 0 Å². The van der Waals surface area contributed by atoms with Crippen molar-refractivity contribution >= 4 is 5.91 Å². The Bertz CT molecular complexity index is 472. The van der Waals surface area contributed by atoms with Gasteiger partial charge >= 0.3 is 11.1 Å². The molecule has 0 aromatic carbocycles. The Morgan fingerprint density at radius 3 is 2.62 bits per heavy atom. The highest BCUT2D eigenvalue weighted by molar-refractivity contribution is 5.75. The summed E-state index contributed by atoms with van der Waals surface area (Å²) >= 11 is 0. The largest absolute Gasteiger partial charge is 0.342 e. The van der Waals surface area contributed by atoms with Gasteiger partial charge in [0.1, 0.15) is 12.9 Å². The van der Waals surface area contributed by atoms with E-state index >= 15 is 0 Å². The molecule has 0 aliphatic rings. The minimum Gasteiger partial charge on any atom is -0.342 e. The molecular weight excluding hydrogens is 212 g/mol. The maximum absolute atomic E-state index is 11.7. The number of nitrogens with zero attached hydrogens (tertiary/aromatic N) is 3. The minimum absolute atomic E-state index is 0.155.